The fraction of sp³-hybridized carbons (Fsp3) is 0.474. The average Bonchev–Trinajstić information content (AvgIpc) is 2.51. The minimum absolute atomic E-state index is 0.0300. The van der Waals surface area contributed by atoms with Crippen LogP contribution in [0, 0.1) is 17.7 Å². The second-order valence-electron chi connectivity index (χ2n) is 6.29. The van der Waals surface area contributed by atoms with Crippen molar-refractivity contribution >= 4 is 6.08 Å². The standard InChI is InChI=1S/C19H22F4/c1-2-14-3-5-15(6-4-14)7-8-16-9-10-17(18(20)13-16)11-12-19(21,22)23/h2,9-15H,1,3-8H2/b12-11+. The van der Waals surface area contributed by atoms with Gasteiger partial charge in [-0.25, -0.2) is 4.39 Å². The fourth-order valence-corrected chi connectivity index (χ4v) is 3.13. The van der Waals surface area contributed by atoms with E-state index >= 15 is 0 Å². The summed E-state index contributed by atoms with van der Waals surface area (Å²) in [6.07, 6.45) is 4.89. The molecule has 0 atom stereocenters. The zero-order chi connectivity index (χ0) is 16.9. The third-order valence-electron chi connectivity index (χ3n) is 4.58. The van der Waals surface area contributed by atoms with E-state index in [2.05, 4.69) is 6.58 Å². The zero-order valence-electron chi connectivity index (χ0n) is 13.1. The van der Waals surface area contributed by atoms with Crippen molar-refractivity contribution in [3.8, 4) is 0 Å². The highest BCUT2D eigenvalue weighted by molar-refractivity contribution is 5.51. The van der Waals surface area contributed by atoms with Crippen LogP contribution in [-0.4, -0.2) is 6.18 Å². The summed E-state index contributed by atoms with van der Waals surface area (Å²) in [7, 11) is 0. The van der Waals surface area contributed by atoms with Crippen molar-refractivity contribution in [2.75, 3.05) is 0 Å². The molecule has 1 aliphatic carbocycles. The molecule has 1 aromatic carbocycles. The second-order valence-corrected chi connectivity index (χ2v) is 6.29. The predicted octanol–water partition coefficient (Wildman–Crippen LogP) is 6.33. The first-order chi connectivity index (χ1) is 10.9. The number of halogens is 4. The Kier molecular flexibility index (Phi) is 6.03. The number of hydrogen-bond acceptors (Lipinski definition) is 0. The summed E-state index contributed by atoms with van der Waals surface area (Å²) in [4.78, 5) is 0. The smallest absolute Gasteiger partial charge is 0.206 e. The Morgan fingerprint density at radius 2 is 1.83 bits per heavy atom. The lowest BCUT2D eigenvalue weighted by Crippen LogP contribution is -2.13. The summed E-state index contributed by atoms with van der Waals surface area (Å²) in [5, 5.41) is 0. The summed E-state index contributed by atoms with van der Waals surface area (Å²) in [6.45, 7) is 3.83. The molecular weight excluding hydrogens is 304 g/mol. The molecule has 0 aromatic heterocycles. The molecule has 0 nitrogen and oxygen atoms in total. The largest absolute Gasteiger partial charge is 0.409 e. The normalized spacial score (nSPS) is 22.4. The highest BCUT2D eigenvalue weighted by Crippen LogP contribution is 2.32. The summed E-state index contributed by atoms with van der Waals surface area (Å²) in [5.74, 6) is 0.681. The molecule has 1 saturated carbocycles. The average molecular weight is 326 g/mol. The zero-order valence-corrected chi connectivity index (χ0v) is 13.1. The van der Waals surface area contributed by atoms with Crippen LogP contribution in [0.1, 0.15) is 43.2 Å². The Balaban J connectivity index is 1.88. The number of allylic oxidation sites excluding steroid dienone is 2. The molecule has 0 bridgehead atoms. The molecule has 0 heterocycles. The highest BCUT2D eigenvalue weighted by Gasteiger charge is 2.22. The van der Waals surface area contributed by atoms with Crippen LogP contribution in [0.15, 0.2) is 36.9 Å². The van der Waals surface area contributed by atoms with E-state index in [0.717, 1.165) is 24.5 Å². The van der Waals surface area contributed by atoms with Gasteiger partial charge in [0, 0.05) is 11.6 Å². The van der Waals surface area contributed by atoms with Crippen molar-refractivity contribution < 1.29 is 17.6 Å². The molecule has 0 saturated heterocycles. The quantitative estimate of drug-likeness (QED) is 0.438. The lowest BCUT2D eigenvalue weighted by atomic mass is 9.79. The van der Waals surface area contributed by atoms with Crippen LogP contribution in [-0.2, 0) is 6.42 Å². The van der Waals surface area contributed by atoms with Gasteiger partial charge in [-0.2, -0.15) is 13.2 Å². The summed E-state index contributed by atoms with van der Waals surface area (Å²) in [5.41, 5.74) is 0.815. The van der Waals surface area contributed by atoms with E-state index in [1.807, 2.05) is 6.08 Å². The van der Waals surface area contributed by atoms with Gasteiger partial charge in [0.05, 0.1) is 0 Å². The SMILES string of the molecule is C=CC1CCC(CCc2ccc(/C=C/C(F)(F)F)c(F)c2)CC1. The van der Waals surface area contributed by atoms with Crippen LogP contribution >= 0.6 is 0 Å². The highest BCUT2D eigenvalue weighted by atomic mass is 19.4. The Morgan fingerprint density at radius 1 is 1.13 bits per heavy atom. The molecule has 1 aromatic rings. The van der Waals surface area contributed by atoms with Gasteiger partial charge < -0.3 is 0 Å². The van der Waals surface area contributed by atoms with Crippen LogP contribution in [0.3, 0.4) is 0 Å². The molecular formula is C19H22F4. The van der Waals surface area contributed by atoms with Crippen LogP contribution in [0.5, 0.6) is 0 Å². The van der Waals surface area contributed by atoms with Crippen molar-refractivity contribution in [2.45, 2.75) is 44.7 Å². The number of alkyl halides is 3. The Bertz CT molecular complexity index is 549. The maximum atomic E-state index is 13.9. The van der Waals surface area contributed by atoms with E-state index in [-0.39, 0.29) is 11.6 Å². The lowest BCUT2D eigenvalue weighted by molar-refractivity contribution is -0.0790. The van der Waals surface area contributed by atoms with Crippen molar-refractivity contribution in [3.63, 3.8) is 0 Å². The first-order valence-corrected chi connectivity index (χ1v) is 8.04. The molecule has 4 heteroatoms. The lowest BCUT2D eigenvalue weighted by Gasteiger charge is -2.26. The first-order valence-electron chi connectivity index (χ1n) is 8.04. The van der Waals surface area contributed by atoms with Gasteiger partial charge in [-0.15, -0.1) is 6.58 Å². The van der Waals surface area contributed by atoms with Crippen molar-refractivity contribution in [2.24, 2.45) is 11.8 Å². The van der Waals surface area contributed by atoms with Gasteiger partial charge in [0.1, 0.15) is 5.82 Å². The molecule has 0 amide bonds. The van der Waals surface area contributed by atoms with Crippen LogP contribution in [0.2, 0.25) is 0 Å². The Hall–Kier alpha value is -1.58. The van der Waals surface area contributed by atoms with Crippen LogP contribution in [0.4, 0.5) is 17.6 Å². The van der Waals surface area contributed by atoms with Crippen molar-refractivity contribution in [1.29, 1.82) is 0 Å². The minimum Gasteiger partial charge on any atom is -0.206 e. The molecule has 1 aliphatic rings. The third kappa shape index (κ3) is 5.85. The second kappa shape index (κ2) is 7.80. The molecule has 0 radical (unpaired) electrons. The predicted molar refractivity (Wildman–Crippen MR) is 85.5 cm³/mol. The van der Waals surface area contributed by atoms with Crippen molar-refractivity contribution in [3.05, 3.63) is 53.9 Å². The molecule has 1 fully saturated rings. The van der Waals surface area contributed by atoms with E-state index in [1.54, 1.807) is 6.07 Å². The monoisotopic (exact) mass is 326 g/mol. The molecule has 2 rings (SSSR count). The molecule has 0 aliphatic heterocycles. The van der Waals surface area contributed by atoms with E-state index < -0.39 is 12.0 Å². The van der Waals surface area contributed by atoms with E-state index in [0.29, 0.717) is 11.8 Å². The van der Waals surface area contributed by atoms with Crippen LogP contribution < -0.4 is 0 Å². The van der Waals surface area contributed by atoms with Crippen molar-refractivity contribution in [1.82, 2.24) is 0 Å². The number of aryl methyl sites for hydroxylation is 1. The molecule has 0 unspecified atom stereocenters. The van der Waals surface area contributed by atoms with Gasteiger partial charge in [0.2, 0.25) is 0 Å². The van der Waals surface area contributed by atoms with Gasteiger partial charge in [-0.3, -0.25) is 0 Å². The summed E-state index contributed by atoms with van der Waals surface area (Å²) >= 11 is 0. The summed E-state index contributed by atoms with van der Waals surface area (Å²) < 4.78 is 50.2. The summed E-state index contributed by atoms with van der Waals surface area (Å²) in [6, 6.07) is 4.49. The molecule has 0 N–H and O–H groups in total. The Labute approximate surface area is 134 Å². The maximum absolute atomic E-state index is 13.9. The topological polar surface area (TPSA) is 0 Å². The van der Waals surface area contributed by atoms with E-state index in [9.17, 15) is 17.6 Å². The number of rotatable bonds is 5. The Morgan fingerprint density at radius 3 is 2.39 bits per heavy atom. The third-order valence-corrected chi connectivity index (χ3v) is 4.58. The molecule has 23 heavy (non-hydrogen) atoms. The van der Waals surface area contributed by atoms with Gasteiger partial charge in [-0.1, -0.05) is 18.2 Å². The first kappa shape index (κ1) is 17.8. The van der Waals surface area contributed by atoms with Gasteiger partial charge >= 0.3 is 6.18 Å². The molecule has 126 valence electrons. The number of hydrogen-bond donors (Lipinski definition) is 0. The van der Waals surface area contributed by atoms with E-state index in [1.165, 1.54) is 37.8 Å². The van der Waals surface area contributed by atoms with Gasteiger partial charge in [0.15, 0.2) is 0 Å². The van der Waals surface area contributed by atoms with Gasteiger partial charge in [0.25, 0.3) is 0 Å². The minimum atomic E-state index is -4.42. The molecule has 0 spiro atoms. The van der Waals surface area contributed by atoms with E-state index in [4.69, 9.17) is 0 Å². The fourth-order valence-electron chi connectivity index (χ4n) is 3.13. The maximum Gasteiger partial charge on any atom is 0.409 e. The number of benzene rings is 1. The van der Waals surface area contributed by atoms with Crippen LogP contribution in [0.25, 0.3) is 6.08 Å². The van der Waals surface area contributed by atoms with Gasteiger partial charge in [-0.05, 0) is 68.1 Å².